The highest BCUT2D eigenvalue weighted by molar-refractivity contribution is 5.58. The van der Waals surface area contributed by atoms with Crippen LogP contribution in [0, 0.1) is 0 Å². The summed E-state index contributed by atoms with van der Waals surface area (Å²) in [7, 11) is 0. The molecule has 4 atom stereocenters. The number of nitrogens with zero attached hydrogens (tertiary/aromatic N) is 2. The molecule has 0 amide bonds. The Morgan fingerprint density at radius 3 is 1.41 bits per heavy atom. The van der Waals surface area contributed by atoms with E-state index in [0.717, 1.165) is 0 Å². The van der Waals surface area contributed by atoms with E-state index in [1.807, 2.05) is 0 Å². The number of anilines is 2. The second-order valence-corrected chi connectivity index (χ2v) is 4.65. The molecule has 0 spiro atoms. The van der Waals surface area contributed by atoms with E-state index in [9.17, 15) is 20.4 Å². The molecule has 1 aromatic rings. The van der Waals surface area contributed by atoms with Gasteiger partial charge in [0.15, 0.2) is 11.6 Å². The number of rotatable bonds is 10. The second-order valence-electron chi connectivity index (χ2n) is 4.65. The van der Waals surface area contributed by atoms with Crippen LogP contribution in [0.1, 0.15) is 0 Å². The summed E-state index contributed by atoms with van der Waals surface area (Å²) >= 11 is 0. The molecule has 0 saturated carbocycles. The molecule has 0 aliphatic heterocycles. The van der Waals surface area contributed by atoms with Crippen LogP contribution in [0.4, 0.5) is 11.6 Å². The van der Waals surface area contributed by atoms with Gasteiger partial charge in [0.1, 0.15) is 12.2 Å². The van der Waals surface area contributed by atoms with Gasteiger partial charge in [-0.15, -0.1) is 0 Å². The molecule has 1 heterocycles. The van der Waals surface area contributed by atoms with E-state index in [4.69, 9.17) is 10.2 Å². The Bertz CT molecular complexity index is 399. The Labute approximate surface area is 127 Å². The highest BCUT2D eigenvalue weighted by Gasteiger charge is 2.18. The molecule has 0 fully saturated rings. The van der Waals surface area contributed by atoms with Crippen molar-refractivity contribution < 1.29 is 30.6 Å². The normalized spacial score (nSPS) is 16.6. The molecule has 0 bridgehead atoms. The van der Waals surface area contributed by atoms with E-state index in [1.165, 1.54) is 12.4 Å². The predicted molar refractivity (Wildman–Crippen MR) is 77.2 cm³/mol. The topological polar surface area (TPSA) is 171 Å². The van der Waals surface area contributed by atoms with Crippen LogP contribution in [0.2, 0.25) is 0 Å². The predicted octanol–water partition coefficient (Wildman–Crippen LogP) is -3.27. The van der Waals surface area contributed by atoms with Crippen LogP contribution in [0.25, 0.3) is 0 Å². The zero-order valence-electron chi connectivity index (χ0n) is 11.9. The minimum atomic E-state index is -1.28. The van der Waals surface area contributed by atoms with E-state index in [0.29, 0.717) is 0 Å². The average molecular weight is 318 g/mol. The minimum absolute atomic E-state index is 0.0725. The summed E-state index contributed by atoms with van der Waals surface area (Å²) in [6.45, 7) is -1.28. The van der Waals surface area contributed by atoms with Gasteiger partial charge >= 0.3 is 0 Å². The largest absolute Gasteiger partial charge is 0.394 e. The summed E-state index contributed by atoms with van der Waals surface area (Å²) in [5.41, 5.74) is 0. The lowest BCUT2D eigenvalue weighted by Gasteiger charge is -2.19. The third-order valence-corrected chi connectivity index (χ3v) is 2.92. The smallest absolute Gasteiger partial charge is 0.169 e. The quantitative estimate of drug-likeness (QED) is 0.219. The maximum absolute atomic E-state index is 9.55. The fraction of sp³-hybridized carbons (Fsp3) is 0.667. The average Bonchev–Trinajstić information content (AvgIpc) is 2.56. The van der Waals surface area contributed by atoms with Crippen molar-refractivity contribution in [1.29, 1.82) is 0 Å². The Morgan fingerprint density at radius 2 is 1.09 bits per heavy atom. The fourth-order valence-electron chi connectivity index (χ4n) is 1.51. The molecule has 1 rings (SSSR count). The van der Waals surface area contributed by atoms with Crippen molar-refractivity contribution >= 4 is 11.6 Å². The number of aromatic nitrogens is 2. The number of hydrogen-bond donors (Lipinski definition) is 8. The van der Waals surface area contributed by atoms with E-state index >= 15 is 0 Å². The van der Waals surface area contributed by atoms with Crippen molar-refractivity contribution in [3.63, 3.8) is 0 Å². The Hall–Kier alpha value is -1.56. The first-order valence-corrected chi connectivity index (χ1v) is 6.72. The van der Waals surface area contributed by atoms with Gasteiger partial charge in [0.25, 0.3) is 0 Å². The fourth-order valence-corrected chi connectivity index (χ4v) is 1.51. The zero-order chi connectivity index (χ0) is 16.5. The maximum Gasteiger partial charge on any atom is 0.169 e. The van der Waals surface area contributed by atoms with E-state index in [1.54, 1.807) is 0 Å². The molecule has 1 aromatic heterocycles. The van der Waals surface area contributed by atoms with Gasteiger partial charge in [-0.3, -0.25) is 0 Å². The van der Waals surface area contributed by atoms with Crippen molar-refractivity contribution in [2.75, 3.05) is 36.9 Å². The van der Waals surface area contributed by atoms with Gasteiger partial charge in [-0.1, -0.05) is 0 Å². The van der Waals surface area contributed by atoms with Gasteiger partial charge in [0, 0.05) is 25.5 Å². The van der Waals surface area contributed by atoms with Gasteiger partial charge in [-0.05, 0) is 0 Å². The van der Waals surface area contributed by atoms with Crippen LogP contribution < -0.4 is 10.6 Å². The van der Waals surface area contributed by atoms with Crippen LogP contribution in [0.15, 0.2) is 12.4 Å². The molecule has 10 nitrogen and oxygen atoms in total. The van der Waals surface area contributed by atoms with E-state index in [-0.39, 0.29) is 24.7 Å². The summed E-state index contributed by atoms with van der Waals surface area (Å²) in [5.74, 6) is 0.523. The highest BCUT2D eigenvalue weighted by Crippen LogP contribution is 2.14. The molecule has 0 aliphatic rings. The number of nitrogens with one attached hydrogen (secondary N) is 2. The van der Waals surface area contributed by atoms with Crippen molar-refractivity contribution in [2.24, 2.45) is 0 Å². The molecule has 0 aliphatic carbocycles. The number of aliphatic hydroxyl groups is 6. The molecular formula is C12H22N4O6. The number of hydrogen-bond acceptors (Lipinski definition) is 10. The molecule has 0 saturated heterocycles. The molecule has 0 radical (unpaired) electrons. The first-order chi connectivity index (χ1) is 10.5. The van der Waals surface area contributed by atoms with Crippen LogP contribution in [-0.4, -0.2) is 91.3 Å². The SMILES string of the molecule is OCC(O)C(O)CNc1nccnc1NCC(O)C(O)CO. The lowest BCUT2D eigenvalue weighted by molar-refractivity contribution is -0.00726. The van der Waals surface area contributed by atoms with Crippen LogP contribution in [0.5, 0.6) is 0 Å². The molecule has 22 heavy (non-hydrogen) atoms. The molecule has 126 valence electrons. The lowest BCUT2D eigenvalue weighted by atomic mass is 10.2. The van der Waals surface area contributed by atoms with Gasteiger partial charge < -0.3 is 41.3 Å². The molecule has 4 unspecified atom stereocenters. The van der Waals surface area contributed by atoms with Crippen LogP contribution >= 0.6 is 0 Å². The lowest BCUT2D eigenvalue weighted by Crippen LogP contribution is -2.36. The first-order valence-electron chi connectivity index (χ1n) is 6.72. The molecule has 8 N–H and O–H groups in total. The van der Waals surface area contributed by atoms with Crippen LogP contribution in [0.3, 0.4) is 0 Å². The maximum atomic E-state index is 9.55. The highest BCUT2D eigenvalue weighted by atomic mass is 16.4. The third-order valence-electron chi connectivity index (χ3n) is 2.92. The first kappa shape index (κ1) is 18.5. The van der Waals surface area contributed by atoms with Gasteiger partial charge in [0.05, 0.1) is 25.4 Å². The standard InChI is InChI=1S/C12H22N4O6/c17-5-9(21)7(19)3-15-11-12(14-2-1-13-11)16-4-8(20)10(22)6-18/h1-2,7-10,17-22H,3-6H2,(H,13,15)(H,14,16). The third kappa shape index (κ3) is 5.67. The summed E-state index contributed by atoms with van der Waals surface area (Å²) in [5, 5.41) is 60.6. The zero-order valence-corrected chi connectivity index (χ0v) is 11.9. The van der Waals surface area contributed by atoms with Crippen molar-refractivity contribution in [3.8, 4) is 0 Å². The summed E-state index contributed by atoms with van der Waals surface area (Å²) in [4.78, 5) is 7.99. The second kappa shape index (κ2) is 9.46. The van der Waals surface area contributed by atoms with Gasteiger partial charge in [-0.25, -0.2) is 9.97 Å². The van der Waals surface area contributed by atoms with Crippen molar-refractivity contribution in [3.05, 3.63) is 12.4 Å². The Morgan fingerprint density at radius 1 is 0.727 bits per heavy atom. The summed E-state index contributed by atoms with van der Waals surface area (Å²) < 4.78 is 0. The number of aliphatic hydroxyl groups excluding tert-OH is 6. The monoisotopic (exact) mass is 318 g/mol. The summed E-state index contributed by atoms with van der Waals surface area (Å²) in [6.07, 6.45) is -2.13. The Kier molecular flexibility index (Phi) is 7.95. The molecule has 10 heteroatoms. The molecule has 0 aromatic carbocycles. The van der Waals surface area contributed by atoms with Crippen molar-refractivity contribution in [1.82, 2.24) is 9.97 Å². The van der Waals surface area contributed by atoms with Crippen LogP contribution in [-0.2, 0) is 0 Å². The van der Waals surface area contributed by atoms with Gasteiger partial charge in [0.2, 0.25) is 0 Å². The van der Waals surface area contributed by atoms with E-state index < -0.39 is 37.6 Å². The molecular weight excluding hydrogens is 296 g/mol. The minimum Gasteiger partial charge on any atom is -0.394 e. The van der Waals surface area contributed by atoms with Crippen molar-refractivity contribution in [2.45, 2.75) is 24.4 Å². The van der Waals surface area contributed by atoms with E-state index in [2.05, 4.69) is 20.6 Å². The Balaban J connectivity index is 2.58. The van der Waals surface area contributed by atoms with Gasteiger partial charge in [-0.2, -0.15) is 0 Å². The summed E-state index contributed by atoms with van der Waals surface area (Å²) in [6, 6.07) is 0.